The molecule has 17 heavy (non-hydrogen) atoms. The maximum Gasteiger partial charge on any atom is 0.119 e. The summed E-state index contributed by atoms with van der Waals surface area (Å²) in [5, 5.41) is 0. The third kappa shape index (κ3) is 3.45. The van der Waals surface area contributed by atoms with Gasteiger partial charge in [-0.05, 0) is 43.4 Å². The van der Waals surface area contributed by atoms with Gasteiger partial charge < -0.3 is 15.2 Å². The molecule has 3 nitrogen and oxygen atoms in total. The molecule has 2 unspecified atom stereocenters. The molecule has 1 aromatic rings. The smallest absolute Gasteiger partial charge is 0.119 e. The fourth-order valence-electron chi connectivity index (χ4n) is 2.28. The maximum absolute atomic E-state index is 6.19. The fraction of sp³-hybridized carbons (Fsp3) is 0.571. The van der Waals surface area contributed by atoms with Crippen molar-refractivity contribution in [2.24, 2.45) is 5.73 Å². The third-order valence-electron chi connectivity index (χ3n) is 3.35. The van der Waals surface area contributed by atoms with E-state index in [9.17, 15) is 0 Å². The van der Waals surface area contributed by atoms with E-state index in [1.807, 2.05) is 18.2 Å². The normalized spacial score (nSPS) is 21.4. The van der Waals surface area contributed by atoms with Gasteiger partial charge in [-0.15, -0.1) is 0 Å². The highest BCUT2D eigenvalue weighted by Crippen LogP contribution is 2.24. The van der Waals surface area contributed by atoms with E-state index < -0.39 is 0 Å². The van der Waals surface area contributed by atoms with Crippen LogP contribution in [0.4, 0.5) is 0 Å². The van der Waals surface area contributed by atoms with Crippen LogP contribution < -0.4 is 10.5 Å². The molecule has 1 aromatic carbocycles. The summed E-state index contributed by atoms with van der Waals surface area (Å²) in [4.78, 5) is 0. The van der Waals surface area contributed by atoms with Gasteiger partial charge >= 0.3 is 0 Å². The lowest BCUT2D eigenvalue weighted by molar-refractivity contribution is 0.101. The molecule has 1 aliphatic heterocycles. The second-order valence-electron chi connectivity index (χ2n) is 4.60. The molecule has 3 heteroatoms. The quantitative estimate of drug-likeness (QED) is 0.853. The molecule has 0 bridgehead atoms. The summed E-state index contributed by atoms with van der Waals surface area (Å²) in [7, 11) is 1.68. The molecule has 2 rings (SSSR count). The first-order chi connectivity index (χ1) is 8.29. The van der Waals surface area contributed by atoms with Gasteiger partial charge in [-0.2, -0.15) is 0 Å². The van der Waals surface area contributed by atoms with Crippen LogP contribution >= 0.6 is 0 Å². The first-order valence-corrected chi connectivity index (χ1v) is 6.30. The molecule has 1 fully saturated rings. The van der Waals surface area contributed by atoms with Crippen molar-refractivity contribution >= 4 is 0 Å². The van der Waals surface area contributed by atoms with E-state index in [0.717, 1.165) is 30.8 Å². The SMILES string of the molecule is COc1cccc(C(N)CCC2CCCO2)c1. The highest BCUT2D eigenvalue weighted by Gasteiger charge is 2.17. The lowest BCUT2D eigenvalue weighted by atomic mass is 10.00. The van der Waals surface area contributed by atoms with E-state index in [1.54, 1.807) is 7.11 Å². The summed E-state index contributed by atoms with van der Waals surface area (Å²) in [6.45, 7) is 0.916. The third-order valence-corrected chi connectivity index (χ3v) is 3.35. The van der Waals surface area contributed by atoms with Gasteiger partial charge in [0.15, 0.2) is 0 Å². The number of rotatable bonds is 5. The summed E-state index contributed by atoms with van der Waals surface area (Å²) in [6, 6.07) is 8.08. The minimum atomic E-state index is 0.0781. The van der Waals surface area contributed by atoms with Gasteiger partial charge in [-0.1, -0.05) is 12.1 Å². The van der Waals surface area contributed by atoms with Gasteiger partial charge in [0.25, 0.3) is 0 Å². The van der Waals surface area contributed by atoms with E-state index in [1.165, 1.54) is 12.8 Å². The van der Waals surface area contributed by atoms with E-state index in [2.05, 4.69) is 6.07 Å². The lowest BCUT2D eigenvalue weighted by Crippen LogP contribution is -2.14. The Balaban J connectivity index is 1.87. The molecule has 1 heterocycles. The van der Waals surface area contributed by atoms with Crippen molar-refractivity contribution in [3.05, 3.63) is 29.8 Å². The molecular weight excluding hydrogens is 214 g/mol. The van der Waals surface area contributed by atoms with Crippen LogP contribution in [0.2, 0.25) is 0 Å². The fourth-order valence-corrected chi connectivity index (χ4v) is 2.28. The van der Waals surface area contributed by atoms with Crippen LogP contribution in [-0.2, 0) is 4.74 Å². The van der Waals surface area contributed by atoms with Crippen molar-refractivity contribution in [1.29, 1.82) is 0 Å². The van der Waals surface area contributed by atoms with Crippen molar-refractivity contribution in [3.63, 3.8) is 0 Å². The van der Waals surface area contributed by atoms with Crippen molar-refractivity contribution in [2.45, 2.75) is 37.8 Å². The zero-order valence-electron chi connectivity index (χ0n) is 10.4. The Kier molecular flexibility index (Phi) is 4.40. The Hall–Kier alpha value is -1.06. The zero-order valence-corrected chi connectivity index (χ0v) is 10.4. The summed E-state index contributed by atoms with van der Waals surface area (Å²) in [5.41, 5.74) is 7.33. The molecule has 2 atom stereocenters. The van der Waals surface area contributed by atoms with E-state index >= 15 is 0 Å². The maximum atomic E-state index is 6.19. The Labute approximate surface area is 103 Å². The van der Waals surface area contributed by atoms with Crippen LogP contribution in [-0.4, -0.2) is 19.8 Å². The Morgan fingerprint density at radius 1 is 1.53 bits per heavy atom. The van der Waals surface area contributed by atoms with Crippen LogP contribution in [0.15, 0.2) is 24.3 Å². The van der Waals surface area contributed by atoms with Crippen LogP contribution in [0.5, 0.6) is 5.75 Å². The van der Waals surface area contributed by atoms with Crippen molar-refractivity contribution < 1.29 is 9.47 Å². The van der Waals surface area contributed by atoms with Gasteiger partial charge in [0.1, 0.15) is 5.75 Å². The van der Waals surface area contributed by atoms with Crippen LogP contribution in [0.3, 0.4) is 0 Å². The number of hydrogen-bond donors (Lipinski definition) is 1. The van der Waals surface area contributed by atoms with Gasteiger partial charge in [0.2, 0.25) is 0 Å². The van der Waals surface area contributed by atoms with Crippen molar-refractivity contribution in [1.82, 2.24) is 0 Å². The molecular formula is C14H21NO2. The minimum Gasteiger partial charge on any atom is -0.497 e. The highest BCUT2D eigenvalue weighted by atomic mass is 16.5. The predicted octanol–water partition coefficient (Wildman–Crippen LogP) is 2.65. The molecule has 0 radical (unpaired) electrons. The molecule has 0 aromatic heterocycles. The summed E-state index contributed by atoms with van der Waals surface area (Å²) >= 11 is 0. The highest BCUT2D eigenvalue weighted by molar-refractivity contribution is 5.30. The van der Waals surface area contributed by atoms with Gasteiger partial charge in [0.05, 0.1) is 13.2 Å². The van der Waals surface area contributed by atoms with Gasteiger partial charge in [0, 0.05) is 12.6 Å². The number of benzene rings is 1. The average molecular weight is 235 g/mol. The zero-order chi connectivity index (χ0) is 12.1. The van der Waals surface area contributed by atoms with Crippen LogP contribution in [0.1, 0.15) is 37.3 Å². The molecule has 2 N–H and O–H groups in total. The molecule has 1 aliphatic rings. The number of ether oxygens (including phenoxy) is 2. The average Bonchev–Trinajstić information content (AvgIpc) is 2.89. The number of hydrogen-bond acceptors (Lipinski definition) is 3. The van der Waals surface area contributed by atoms with E-state index in [-0.39, 0.29) is 6.04 Å². The Morgan fingerprint density at radius 2 is 2.41 bits per heavy atom. The van der Waals surface area contributed by atoms with Crippen molar-refractivity contribution in [2.75, 3.05) is 13.7 Å². The van der Waals surface area contributed by atoms with E-state index in [4.69, 9.17) is 15.2 Å². The monoisotopic (exact) mass is 235 g/mol. The minimum absolute atomic E-state index is 0.0781. The molecule has 0 saturated carbocycles. The van der Waals surface area contributed by atoms with E-state index in [0.29, 0.717) is 6.10 Å². The first-order valence-electron chi connectivity index (χ1n) is 6.30. The first kappa shape index (κ1) is 12.4. The predicted molar refractivity (Wildman–Crippen MR) is 68.1 cm³/mol. The topological polar surface area (TPSA) is 44.5 Å². The molecule has 0 spiro atoms. The van der Waals surface area contributed by atoms with Crippen molar-refractivity contribution in [3.8, 4) is 5.75 Å². The summed E-state index contributed by atoms with van der Waals surface area (Å²) < 4.78 is 10.8. The van der Waals surface area contributed by atoms with Crippen LogP contribution in [0.25, 0.3) is 0 Å². The standard InChI is InChI=1S/C14H21NO2/c1-16-13-5-2-4-11(10-13)14(15)8-7-12-6-3-9-17-12/h2,4-5,10,12,14H,3,6-9,15H2,1H3. The number of nitrogens with two attached hydrogens (primary N) is 1. The Bertz CT molecular complexity index is 348. The number of methoxy groups -OCH3 is 1. The van der Waals surface area contributed by atoms with Crippen LogP contribution in [0, 0.1) is 0 Å². The largest absolute Gasteiger partial charge is 0.497 e. The second-order valence-corrected chi connectivity index (χ2v) is 4.60. The Morgan fingerprint density at radius 3 is 3.12 bits per heavy atom. The molecule has 0 amide bonds. The lowest BCUT2D eigenvalue weighted by Gasteiger charge is -2.15. The van der Waals surface area contributed by atoms with Gasteiger partial charge in [-0.3, -0.25) is 0 Å². The summed E-state index contributed by atoms with van der Waals surface area (Å²) in [5.74, 6) is 0.870. The molecule has 0 aliphatic carbocycles. The molecule has 94 valence electrons. The van der Waals surface area contributed by atoms with Gasteiger partial charge in [-0.25, -0.2) is 0 Å². The molecule has 1 saturated heterocycles. The second kappa shape index (κ2) is 6.03. The summed E-state index contributed by atoms with van der Waals surface area (Å²) in [6.07, 6.45) is 4.83.